The Bertz CT molecular complexity index is 299. The second-order valence-corrected chi connectivity index (χ2v) is 4.07. The number of hydrogen-bond acceptors (Lipinski definition) is 3. The highest BCUT2D eigenvalue weighted by Crippen LogP contribution is 2.18. The van der Waals surface area contributed by atoms with Gasteiger partial charge in [0.25, 0.3) is 0 Å². The van der Waals surface area contributed by atoms with Gasteiger partial charge in [0, 0.05) is 18.8 Å². The Labute approximate surface area is 91.9 Å². The lowest BCUT2D eigenvalue weighted by atomic mass is 10.1. The van der Waals surface area contributed by atoms with Crippen LogP contribution in [0.4, 0.5) is 0 Å². The summed E-state index contributed by atoms with van der Waals surface area (Å²) in [5.41, 5.74) is 1.26. The highest BCUT2D eigenvalue weighted by molar-refractivity contribution is 5.23. The van der Waals surface area contributed by atoms with Gasteiger partial charge in [0.1, 0.15) is 6.10 Å². The maximum Gasteiger partial charge on any atom is 0.213 e. The van der Waals surface area contributed by atoms with Crippen molar-refractivity contribution in [1.29, 1.82) is 0 Å². The molecule has 1 heterocycles. The summed E-state index contributed by atoms with van der Waals surface area (Å²) in [4.78, 5) is 4.19. The molecule has 0 aliphatic rings. The molecule has 0 bridgehead atoms. The molecule has 84 valence electrons. The van der Waals surface area contributed by atoms with Gasteiger partial charge in [-0.15, -0.1) is 0 Å². The van der Waals surface area contributed by atoms with Gasteiger partial charge in [-0.3, -0.25) is 0 Å². The lowest BCUT2D eigenvalue weighted by Gasteiger charge is -2.14. The van der Waals surface area contributed by atoms with Gasteiger partial charge >= 0.3 is 0 Å². The van der Waals surface area contributed by atoms with Crippen LogP contribution in [0.1, 0.15) is 32.3 Å². The maximum atomic E-state index is 5.67. The van der Waals surface area contributed by atoms with E-state index in [0.29, 0.717) is 11.8 Å². The lowest BCUT2D eigenvalue weighted by molar-refractivity contribution is 0.211. The van der Waals surface area contributed by atoms with Crippen LogP contribution >= 0.6 is 0 Å². The average Bonchev–Trinajstić information content (AvgIpc) is 2.18. The summed E-state index contributed by atoms with van der Waals surface area (Å²) in [5, 5.41) is 3.07. The van der Waals surface area contributed by atoms with E-state index in [0.717, 1.165) is 6.54 Å². The second-order valence-electron chi connectivity index (χ2n) is 4.07. The fourth-order valence-electron chi connectivity index (χ4n) is 1.38. The minimum atomic E-state index is 0.143. The van der Waals surface area contributed by atoms with Crippen LogP contribution in [0.25, 0.3) is 0 Å². The van der Waals surface area contributed by atoms with Crippen molar-refractivity contribution in [3.63, 3.8) is 0 Å². The molecule has 1 rings (SSSR count). The van der Waals surface area contributed by atoms with Crippen molar-refractivity contribution in [1.82, 2.24) is 10.3 Å². The molecule has 0 aliphatic heterocycles. The second kappa shape index (κ2) is 5.71. The summed E-state index contributed by atoms with van der Waals surface area (Å²) in [6.45, 7) is 7.18. The van der Waals surface area contributed by atoms with Gasteiger partial charge in [0.2, 0.25) is 5.88 Å². The number of nitrogens with one attached hydrogen (secondary N) is 1. The van der Waals surface area contributed by atoms with Crippen LogP contribution in [-0.2, 0) is 0 Å². The molecule has 1 aromatic heterocycles. The van der Waals surface area contributed by atoms with Crippen molar-refractivity contribution >= 4 is 0 Å². The molecule has 0 radical (unpaired) electrons. The first kappa shape index (κ1) is 12.0. The van der Waals surface area contributed by atoms with E-state index in [1.54, 1.807) is 6.20 Å². The predicted octanol–water partition coefficient (Wildman–Crippen LogP) is 2.19. The first-order valence-corrected chi connectivity index (χ1v) is 5.40. The normalized spacial score (nSPS) is 12.9. The highest BCUT2D eigenvalue weighted by Gasteiger charge is 2.05. The van der Waals surface area contributed by atoms with E-state index in [4.69, 9.17) is 4.74 Å². The highest BCUT2D eigenvalue weighted by atomic mass is 16.5. The summed E-state index contributed by atoms with van der Waals surface area (Å²) in [5.74, 6) is 1.22. The smallest absolute Gasteiger partial charge is 0.213 e. The first-order valence-electron chi connectivity index (χ1n) is 5.40. The summed E-state index contributed by atoms with van der Waals surface area (Å²) >= 11 is 0. The molecule has 0 aromatic carbocycles. The SMILES string of the molecule is CNC[C@H](C)Oc1cc(C(C)C)ccn1. The molecular formula is C12H20N2O. The maximum absolute atomic E-state index is 5.67. The molecule has 0 spiro atoms. The van der Waals surface area contributed by atoms with E-state index in [1.165, 1.54) is 5.56 Å². The van der Waals surface area contributed by atoms with Crippen LogP contribution in [0.5, 0.6) is 5.88 Å². The van der Waals surface area contributed by atoms with E-state index in [9.17, 15) is 0 Å². The number of likely N-dealkylation sites (N-methyl/N-ethyl adjacent to an activating group) is 1. The summed E-state index contributed by atoms with van der Waals surface area (Å²) < 4.78 is 5.67. The molecular weight excluding hydrogens is 188 g/mol. The predicted molar refractivity (Wildman–Crippen MR) is 62.3 cm³/mol. The van der Waals surface area contributed by atoms with Gasteiger partial charge in [-0.2, -0.15) is 0 Å². The molecule has 15 heavy (non-hydrogen) atoms. The number of nitrogens with zero attached hydrogens (tertiary/aromatic N) is 1. The van der Waals surface area contributed by atoms with Gasteiger partial charge in [-0.25, -0.2) is 4.98 Å². The van der Waals surface area contributed by atoms with Gasteiger partial charge in [0.05, 0.1) is 0 Å². The van der Waals surface area contributed by atoms with Gasteiger partial charge < -0.3 is 10.1 Å². The van der Waals surface area contributed by atoms with Crippen molar-refractivity contribution in [3.05, 3.63) is 23.9 Å². The molecule has 0 amide bonds. The Hall–Kier alpha value is -1.09. The van der Waals surface area contributed by atoms with Crippen LogP contribution in [0.15, 0.2) is 18.3 Å². The van der Waals surface area contributed by atoms with E-state index in [2.05, 4.69) is 24.1 Å². The third-order valence-electron chi connectivity index (χ3n) is 2.24. The third kappa shape index (κ3) is 3.88. The first-order chi connectivity index (χ1) is 7.13. The fraction of sp³-hybridized carbons (Fsp3) is 0.583. The molecule has 1 aromatic rings. The molecule has 1 atom stereocenters. The Kier molecular flexibility index (Phi) is 4.56. The molecule has 0 saturated heterocycles. The average molecular weight is 208 g/mol. The van der Waals surface area contributed by atoms with Crippen molar-refractivity contribution in [2.24, 2.45) is 0 Å². The topological polar surface area (TPSA) is 34.1 Å². The van der Waals surface area contributed by atoms with Crippen LogP contribution < -0.4 is 10.1 Å². The summed E-state index contributed by atoms with van der Waals surface area (Å²) in [6.07, 6.45) is 1.95. The fourth-order valence-corrected chi connectivity index (χ4v) is 1.38. The molecule has 0 unspecified atom stereocenters. The number of ether oxygens (including phenoxy) is 1. The molecule has 0 saturated carbocycles. The largest absolute Gasteiger partial charge is 0.473 e. The lowest BCUT2D eigenvalue weighted by Crippen LogP contribution is -2.26. The van der Waals surface area contributed by atoms with Crippen molar-refractivity contribution in [2.75, 3.05) is 13.6 Å². The number of aromatic nitrogens is 1. The summed E-state index contributed by atoms with van der Waals surface area (Å²) in [7, 11) is 1.91. The Morgan fingerprint density at radius 1 is 1.40 bits per heavy atom. The third-order valence-corrected chi connectivity index (χ3v) is 2.24. The minimum absolute atomic E-state index is 0.143. The number of pyridine rings is 1. The van der Waals surface area contributed by atoms with Crippen LogP contribution in [0.3, 0.4) is 0 Å². The van der Waals surface area contributed by atoms with E-state index < -0.39 is 0 Å². The molecule has 3 nitrogen and oxygen atoms in total. The van der Waals surface area contributed by atoms with Gasteiger partial charge in [-0.1, -0.05) is 13.8 Å². The summed E-state index contributed by atoms with van der Waals surface area (Å²) in [6, 6.07) is 4.04. The molecule has 0 fully saturated rings. The van der Waals surface area contributed by atoms with Crippen molar-refractivity contribution in [2.45, 2.75) is 32.8 Å². The van der Waals surface area contributed by atoms with Crippen molar-refractivity contribution < 1.29 is 4.74 Å². The molecule has 3 heteroatoms. The van der Waals surface area contributed by atoms with Gasteiger partial charge in [-0.05, 0) is 31.5 Å². The zero-order valence-corrected chi connectivity index (χ0v) is 9.95. The molecule has 0 aliphatic carbocycles. The quantitative estimate of drug-likeness (QED) is 0.805. The Morgan fingerprint density at radius 3 is 2.73 bits per heavy atom. The number of hydrogen-bond donors (Lipinski definition) is 1. The standard InChI is InChI=1S/C12H20N2O/c1-9(2)11-5-6-14-12(7-11)15-10(3)8-13-4/h5-7,9-10,13H,8H2,1-4H3/t10-/m0/s1. The van der Waals surface area contributed by atoms with E-state index in [1.807, 2.05) is 26.1 Å². The monoisotopic (exact) mass is 208 g/mol. The van der Waals surface area contributed by atoms with E-state index in [-0.39, 0.29) is 6.10 Å². The Balaban J connectivity index is 2.65. The van der Waals surface area contributed by atoms with E-state index >= 15 is 0 Å². The van der Waals surface area contributed by atoms with Crippen LogP contribution in [-0.4, -0.2) is 24.7 Å². The van der Waals surface area contributed by atoms with Crippen LogP contribution in [0.2, 0.25) is 0 Å². The van der Waals surface area contributed by atoms with Crippen molar-refractivity contribution in [3.8, 4) is 5.88 Å². The van der Waals surface area contributed by atoms with Crippen LogP contribution in [0, 0.1) is 0 Å². The molecule has 1 N–H and O–H groups in total. The van der Waals surface area contributed by atoms with Gasteiger partial charge in [0.15, 0.2) is 0 Å². The zero-order chi connectivity index (χ0) is 11.3. The zero-order valence-electron chi connectivity index (χ0n) is 9.95. The Morgan fingerprint density at radius 2 is 2.13 bits per heavy atom. The number of rotatable bonds is 5. The minimum Gasteiger partial charge on any atom is -0.473 e.